The highest BCUT2D eigenvalue weighted by Crippen LogP contribution is 2.35. The van der Waals surface area contributed by atoms with Gasteiger partial charge in [-0.05, 0) is 31.5 Å². The van der Waals surface area contributed by atoms with Crippen molar-refractivity contribution in [2.75, 3.05) is 0 Å². The second kappa shape index (κ2) is 6.40. The van der Waals surface area contributed by atoms with Gasteiger partial charge in [0.1, 0.15) is 11.5 Å². The SMILES string of the molecule is CCc1nc(C)ccc1Oc1c(Cl)cccc1CBr. The third-order valence-electron chi connectivity index (χ3n) is 2.81. The van der Waals surface area contributed by atoms with Gasteiger partial charge in [0.2, 0.25) is 0 Å². The van der Waals surface area contributed by atoms with E-state index in [1.54, 1.807) is 0 Å². The second-order valence-corrected chi connectivity index (χ2v) is 5.18. The molecule has 1 aromatic carbocycles. The average molecular weight is 341 g/mol. The molecule has 2 aromatic rings. The zero-order valence-electron chi connectivity index (χ0n) is 10.9. The molecule has 4 heteroatoms. The molecule has 100 valence electrons. The minimum absolute atomic E-state index is 0.611. The van der Waals surface area contributed by atoms with Gasteiger partial charge in [-0.1, -0.05) is 46.6 Å². The first-order valence-corrected chi connectivity index (χ1v) is 7.63. The maximum absolute atomic E-state index is 6.22. The summed E-state index contributed by atoms with van der Waals surface area (Å²) in [6.45, 7) is 4.04. The molecule has 2 nitrogen and oxygen atoms in total. The molecule has 2 rings (SSSR count). The van der Waals surface area contributed by atoms with Crippen LogP contribution in [0.25, 0.3) is 0 Å². The maximum atomic E-state index is 6.22. The molecule has 0 atom stereocenters. The molecule has 0 aliphatic rings. The van der Waals surface area contributed by atoms with Gasteiger partial charge < -0.3 is 4.74 Å². The van der Waals surface area contributed by atoms with Gasteiger partial charge in [0.25, 0.3) is 0 Å². The number of hydrogen-bond donors (Lipinski definition) is 0. The van der Waals surface area contributed by atoms with Gasteiger partial charge in [-0.3, -0.25) is 4.98 Å². The van der Waals surface area contributed by atoms with Gasteiger partial charge in [-0.2, -0.15) is 0 Å². The fourth-order valence-electron chi connectivity index (χ4n) is 1.83. The summed E-state index contributed by atoms with van der Waals surface area (Å²) in [5.74, 6) is 1.46. The lowest BCUT2D eigenvalue weighted by Crippen LogP contribution is -1.97. The Morgan fingerprint density at radius 2 is 2.05 bits per heavy atom. The standard InChI is InChI=1S/C15H15BrClNO/c1-3-13-14(8-7-10(2)18-13)19-15-11(9-16)5-4-6-12(15)17/h4-8H,3,9H2,1-2H3. The third kappa shape index (κ3) is 3.28. The Labute approximate surface area is 126 Å². The third-order valence-corrected chi connectivity index (χ3v) is 3.71. The van der Waals surface area contributed by atoms with Crippen molar-refractivity contribution in [2.24, 2.45) is 0 Å². The lowest BCUT2D eigenvalue weighted by molar-refractivity contribution is 0.469. The van der Waals surface area contributed by atoms with E-state index in [0.29, 0.717) is 16.1 Å². The summed E-state index contributed by atoms with van der Waals surface area (Å²) < 4.78 is 5.98. The van der Waals surface area contributed by atoms with Gasteiger partial charge >= 0.3 is 0 Å². The minimum Gasteiger partial charge on any atom is -0.454 e. The number of ether oxygens (including phenoxy) is 1. The van der Waals surface area contributed by atoms with E-state index in [4.69, 9.17) is 16.3 Å². The normalized spacial score (nSPS) is 10.5. The predicted octanol–water partition coefficient (Wildman–Crippen LogP) is 5.29. The number of para-hydroxylation sites is 1. The monoisotopic (exact) mass is 339 g/mol. The Hall–Kier alpha value is -1.06. The van der Waals surface area contributed by atoms with Crippen molar-refractivity contribution in [2.45, 2.75) is 25.6 Å². The zero-order valence-corrected chi connectivity index (χ0v) is 13.3. The Morgan fingerprint density at radius 1 is 1.26 bits per heavy atom. The van der Waals surface area contributed by atoms with Crippen LogP contribution in [0.5, 0.6) is 11.5 Å². The van der Waals surface area contributed by atoms with E-state index in [-0.39, 0.29) is 0 Å². The molecule has 19 heavy (non-hydrogen) atoms. The molecule has 0 radical (unpaired) electrons. The van der Waals surface area contributed by atoms with E-state index in [2.05, 4.69) is 27.8 Å². The van der Waals surface area contributed by atoms with Gasteiger partial charge in [-0.15, -0.1) is 0 Å². The molecular formula is C15H15BrClNO. The quantitative estimate of drug-likeness (QED) is 0.705. The number of aromatic nitrogens is 1. The smallest absolute Gasteiger partial charge is 0.150 e. The number of alkyl halides is 1. The molecule has 0 aliphatic heterocycles. The molecule has 0 N–H and O–H groups in total. The van der Waals surface area contributed by atoms with Gasteiger partial charge in [-0.25, -0.2) is 0 Å². The van der Waals surface area contributed by atoms with Crippen molar-refractivity contribution >= 4 is 27.5 Å². The van der Waals surface area contributed by atoms with E-state index in [1.165, 1.54) is 0 Å². The molecule has 0 unspecified atom stereocenters. The van der Waals surface area contributed by atoms with E-state index in [9.17, 15) is 0 Å². The molecule has 0 aliphatic carbocycles. The summed E-state index contributed by atoms with van der Waals surface area (Å²) in [5.41, 5.74) is 2.96. The van der Waals surface area contributed by atoms with Crippen LogP contribution in [0.2, 0.25) is 5.02 Å². The molecule has 0 bridgehead atoms. The molecular weight excluding hydrogens is 326 g/mol. The predicted molar refractivity (Wildman–Crippen MR) is 82.5 cm³/mol. The summed E-state index contributed by atoms with van der Waals surface area (Å²) in [6.07, 6.45) is 0.825. The number of halogens is 2. The van der Waals surface area contributed by atoms with Crippen molar-refractivity contribution in [3.63, 3.8) is 0 Å². The summed E-state index contributed by atoms with van der Waals surface area (Å²) in [4.78, 5) is 4.49. The summed E-state index contributed by atoms with van der Waals surface area (Å²) in [6, 6.07) is 9.63. The molecule has 0 spiro atoms. The number of nitrogens with zero attached hydrogens (tertiary/aromatic N) is 1. The fraction of sp³-hybridized carbons (Fsp3) is 0.267. The highest BCUT2D eigenvalue weighted by atomic mass is 79.9. The highest BCUT2D eigenvalue weighted by Gasteiger charge is 2.11. The minimum atomic E-state index is 0.611. The topological polar surface area (TPSA) is 22.1 Å². The zero-order chi connectivity index (χ0) is 13.8. The van der Waals surface area contributed by atoms with Crippen LogP contribution in [0, 0.1) is 6.92 Å². The van der Waals surface area contributed by atoms with Crippen LogP contribution >= 0.6 is 27.5 Å². The Morgan fingerprint density at radius 3 is 2.74 bits per heavy atom. The first-order valence-electron chi connectivity index (χ1n) is 6.13. The van der Waals surface area contributed by atoms with E-state index in [0.717, 1.165) is 29.1 Å². The molecule has 0 amide bonds. The van der Waals surface area contributed by atoms with Crippen LogP contribution in [0.1, 0.15) is 23.9 Å². The number of rotatable bonds is 4. The van der Waals surface area contributed by atoms with Crippen molar-refractivity contribution in [1.82, 2.24) is 4.98 Å². The molecule has 1 heterocycles. The first kappa shape index (κ1) is 14.4. The summed E-state index contributed by atoms with van der Waals surface area (Å²) >= 11 is 9.67. The molecule has 0 saturated carbocycles. The van der Waals surface area contributed by atoms with Crippen LogP contribution in [-0.2, 0) is 11.8 Å². The highest BCUT2D eigenvalue weighted by molar-refractivity contribution is 9.08. The van der Waals surface area contributed by atoms with Crippen molar-refractivity contribution in [3.8, 4) is 11.5 Å². The number of benzene rings is 1. The molecule has 1 aromatic heterocycles. The lowest BCUT2D eigenvalue weighted by Gasteiger charge is -2.14. The molecule has 0 fully saturated rings. The average Bonchev–Trinajstić information content (AvgIpc) is 2.42. The Bertz CT molecular complexity index is 586. The molecule has 0 saturated heterocycles. The lowest BCUT2D eigenvalue weighted by atomic mass is 10.2. The van der Waals surface area contributed by atoms with Crippen molar-refractivity contribution in [1.29, 1.82) is 0 Å². The first-order chi connectivity index (χ1) is 9.15. The van der Waals surface area contributed by atoms with Crippen LogP contribution in [0.15, 0.2) is 30.3 Å². The second-order valence-electron chi connectivity index (χ2n) is 4.21. The van der Waals surface area contributed by atoms with Crippen LogP contribution in [0.3, 0.4) is 0 Å². The Balaban J connectivity index is 2.41. The van der Waals surface area contributed by atoms with E-state index in [1.807, 2.05) is 37.3 Å². The van der Waals surface area contributed by atoms with E-state index < -0.39 is 0 Å². The fourth-order valence-corrected chi connectivity index (χ4v) is 2.50. The summed E-state index contributed by atoms with van der Waals surface area (Å²) in [7, 11) is 0. The van der Waals surface area contributed by atoms with Crippen molar-refractivity contribution < 1.29 is 4.74 Å². The van der Waals surface area contributed by atoms with Crippen molar-refractivity contribution in [3.05, 3.63) is 52.3 Å². The van der Waals surface area contributed by atoms with Crippen LogP contribution < -0.4 is 4.74 Å². The van der Waals surface area contributed by atoms with Gasteiger partial charge in [0.15, 0.2) is 0 Å². The van der Waals surface area contributed by atoms with Gasteiger partial charge in [0.05, 0.1) is 10.7 Å². The number of pyridine rings is 1. The van der Waals surface area contributed by atoms with Crippen LogP contribution in [-0.4, -0.2) is 4.98 Å². The van der Waals surface area contributed by atoms with Crippen LogP contribution in [0.4, 0.5) is 0 Å². The Kier molecular flexibility index (Phi) is 4.83. The summed E-state index contributed by atoms with van der Waals surface area (Å²) in [5, 5.41) is 1.31. The van der Waals surface area contributed by atoms with Gasteiger partial charge in [0, 0.05) is 16.6 Å². The maximum Gasteiger partial charge on any atom is 0.150 e. The van der Waals surface area contributed by atoms with E-state index >= 15 is 0 Å². The number of hydrogen-bond acceptors (Lipinski definition) is 2. The number of aryl methyl sites for hydroxylation is 2. The largest absolute Gasteiger partial charge is 0.454 e.